The van der Waals surface area contributed by atoms with E-state index in [1.807, 2.05) is 35.3 Å². The van der Waals surface area contributed by atoms with E-state index in [2.05, 4.69) is 28.4 Å². The van der Waals surface area contributed by atoms with Crippen molar-refractivity contribution in [2.45, 2.75) is 19.3 Å². The number of para-hydroxylation sites is 1. The third-order valence-electron chi connectivity index (χ3n) is 6.34. The number of piperazine rings is 1. The molecular weight excluding hydrogens is 417 g/mol. The number of likely N-dealkylation sites (N-methyl/N-ethyl adjacent to an activating group) is 1. The second-order valence-electron chi connectivity index (χ2n) is 8.74. The third kappa shape index (κ3) is 4.74. The average Bonchev–Trinajstić information content (AvgIpc) is 3.18. The van der Waals surface area contributed by atoms with Gasteiger partial charge in [0.05, 0.1) is 16.9 Å². The Morgan fingerprint density at radius 2 is 1.91 bits per heavy atom. The van der Waals surface area contributed by atoms with Gasteiger partial charge < -0.3 is 9.88 Å². The van der Waals surface area contributed by atoms with E-state index in [9.17, 15) is 9.18 Å². The number of carbonyl (C=O) groups excluding carboxylic acids is 1. The van der Waals surface area contributed by atoms with Crippen LogP contribution in [0.2, 0.25) is 0 Å². The predicted molar refractivity (Wildman–Crippen MR) is 129 cm³/mol. The van der Waals surface area contributed by atoms with E-state index in [1.165, 1.54) is 6.07 Å². The number of hydrogen-bond donors (Lipinski definition) is 2. The van der Waals surface area contributed by atoms with Gasteiger partial charge >= 0.3 is 0 Å². The summed E-state index contributed by atoms with van der Waals surface area (Å²) >= 11 is 0. The first kappa shape index (κ1) is 21.6. The molecule has 2 aromatic heterocycles. The summed E-state index contributed by atoms with van der Waals surface area (Å²) in [5.41, 5.74) is 7.52. The first-order valence-electron chi connectivity index (χ1n) is 11.5. The summed E-state index contributed by atoms with van der Waals surface area (Å²) in [6.45, 7) is 3.57. The van der Waals surface area contributed by atoms with Gasteiger partial charge in [-0.25, -0.2) is 14.4 Å². The Bertz CT molecular complexity index is 1290. The van der Waals surface area contributed by atoms with Crippen LogP contribution >= 0.6 is 0 Å². The number of fused-ring (bicyclic) bond motifs is 2. The summed E-state index contributed by atoms with van der Waals surface area (Å²) in [7, 11) is 2.09. The summed E-state index contributed by atoms with van der Waals surface area (Å²) in [4.78, 5) is 23.0. The number of benzene rings is 2. The minimum Gasteiger partial charge on any atom is -0.353 e. The van der Waals surface area contributed by atoms with Crippen LogP contribution in [0.5, 0.6) is 0 Å². The Morgan fingerprint density at radius 1 is 1.09 bits per heavy atom. The molecule has 0 unspecified atom stereocenters. The fraction of sp³-hybridized carbons (Fsp3) is 0.308. The maximum atomic E-state index is 14.1. The number of carbonyl (C=O) groups is 1. The molecule has 0 radical (unpaired) electrons. The number of nitrogens with zero attached hydrogens (tertiary/aromatic N) is 3. The van der Waals surface area contributed by atoms with Crippen LogP contribution in [0.25, 0.3) is 33.2 Å². The van der Waals surface area contributed by atoms with Crippen molar-refractivity contribution in [3.8, 4) is 11.4 Å². The lowest BCUT2D eigenvalue weighted by Gasteiger charge is -2.32. The smallest absolute Gasteiger partial charge is 0.234 e. The molecule has 1 amide bonds. The van der Waals surface area contributed by atoms with Crippen molar-refractivity contribution in [1.82, 2.24) is 25.3 Å². The number of amides is 1. The number of H-pyrrole nitrogens is 1. The van der Waals surface area contributed by atoms with E-state index < -0.39 is 0 Å². The van der Waals surface area contributed by atoms with Crippen LogP contribution in [0.15, 0.2) is 54.6 Å². The fourth-order valence-electron chi connectivity index (χ4n) is 4.48. The Hall–Kier alpha value is -3.29. The Labute approximate surface area is 192 Å². The molecule has 0 saturated carbocycles. The largest absolute Gasteiger partial charge is 0.353 e. The quantitative estimate of drug-likeness (QED) is 0.469. The summed E-state index contributed by atoms with van der Waals surface area (Å²) < 4.78 is 14.1. The highest BCUT2D eigenvalue weighted by atomic mass is 19.1. The Morgan fingerprint density at radius 3 is 2.76 bits per heavy atom. The lowest BCUT2D eigenvalue weighted by molar-refractivity contribution is -0.126. The van der Waals surface area contributed by atoms with Gasteiger partial charge in [-0.3, -0.25) is 10.2 Å². The predicted octanol–water partition coefficient (Wildman–Crippen LogP) is 4.12. The molecule has 0 bridgehead atoms. The maximum absolute atomic E-state index is 14.1. The SMILES string of the molecule is CN1CCN(NC(=O)CCCc2c(-c3ccc4ccccc4n3)[nH]c3ccc(F)cc23)CC1. The fourth-order valence-corrected chi connectivity index (χ4v) is 4.48. The minimum absolute atomic E-state index is 0.0240. The molecule has 33 heavy (non-hydrogen) atoms. The van der Waals surface area contributed by atoms with Crippen molar-refractivity contribution >= 4 is 27.7 Å². The maximum Gasteiger partial charge on any atom is 0.234 e. The lowest BCUT2D eigenvalue weighted by Crippen LogP contribution is -2.52. The van der Waals surface area contributed by atoms with Gasteiger partial charge in [0.25, 0.3) is 0 Å². The third-order valence-corrected chi connectivity index (χ3v) is 6.34. The highest BCUT2D eigenvalue weighted by molar-refractivity contribution is 5.91. The van der Waals surface area contributed by atoms with Crippen LogP contribution in [0.3, 0.4) is 0 Å². The molecule has 2 N–H and O–H groups in total. The normalized spacial score (nSPS) is 15.3. The molecule has 1 fully saturated rings. The lowest BCUT2D eigenvalue weighted by atomic mass is 10.0. The van der Waals surface area contributed by atoms with Crippen LogP contribution in [0.1, 0.15) is 18.4 Å². The number of nitrogens with one attached hydrogen (secondary N) is 2. The van der Waals surface area contributed by atoms with Gasteiger partial charge in [0, 0.05) is 48.9 Å². The van der Waals surface area contributed by atoms with Crippen molar-refractivity contribution in [1.29, 1.82) is 0 Å². The number of halogens is 1. The van der Waals surface area contributed by atoms with Crippen molar-refractivity contribution < 1.29 is 9.18 Å². The molecule has 6 nitrogen and oxygen atoms in total. The number of aryl methyl sites for hydroxylation is 1. The van der Waals surface area contributed by atoms with Gasteiger partial charge in [0.2, 0.25) is 5.91 Å². The molecule has 5 rings (SSSR count). The van der Waals surface area contributed by atoms with Crippen molar-refractivity contribution in [2.24, 2.45) is 0 Å². The second kappa shape index (κ2) is 9.29. The zero-order chi connectivity index (χ0) is 22.8. The van der Waals surface area contributed by atoms with Gasteiger partial charge in [-0.15, -0.1) is 0 Å². The van der Waals surface area contributed by atoms with Crippen molar-refractivity contribution in [2.75, 3.05) is 33.2 Å². The van der Waals surface area contributed by atoms with Gasteiger partial charge in [-0.05, 0) is 55.8 Å². The average molecular weight is 446 g/mol. The topological polar surface area (TPSA) is 64.3 Å². The van der Waals surface area contributed by atoms with Crippen LogP contribution in [-0.2, 0) is 11.2 Å². The molecule has 4 aromatic rings. The van der Waals surface area contributed by atoms with E-state index in [4.69, 9.17) is 4.98 Å². The zero-order valence-electron chi connectivity index (χ0n) is 18.8. The molecular formula is C26H28FN5O. The van der Waals surface area contributed by atoms with E-state index in [1.54, 1.807) is 12.1 Å². The molecule has 3 heterocycles. The van der Waals surface area contributed by atoms with Gasteiger partial charge in [-0.1, -0.05) is 24.3 Å². The molecule has 0 aliphatic carbocycles. The van der Waals surface area contributed by atoms with Crippen LogP contribution in [0.4, 0.5) is 4.39 Å². The monoisotopic (exact) mass is 445 g/mol. The molecule has 0 atom stereocenters. The van der Waals surface area contributed by atoms with Crippen LogP contribution in [0, 0.1) is 5.82 Å². The summed E-state index contributed by atoms with van der Waals surface area (Å²) in [5.74, 6) is -0.246. The number of hydrazine groups is 1. The Kier molecular flexibility index (Phi) is 6.07. The molecule has 0 spiro atoms. The van der Waals surface area contributed by atoms with Crippen LogP contribution in [-0.4, -0.2) is 59.0 Å². The molecule has 170 valence electrons. The van der Waals surface area contributed by atoms with Gasteiger partial charge in [0.1, 0.15) is 5.82 Å². The molecule has 1 saturated heterocycles. The van der Waals surface area contributed by atoms with E-state index in [-0.39, 0.29) is 11.7 Å². The first-order valence-corrected chi connectivity index (χ1v) is 11.5. The van der Waals surface area contributed by atoms with E-state index in [0.29, 0.717) is 19.3 Å². The number of hydrogen-bond acceptors (Lipinski definition) is 4. The molecule has 2 aromatic carbocycles. The summed E-state index contributed by atoms with van der Waals surface area (Å²) in [6, 6.07) is 16.8. The number of pyridine rings is 1. The minimum atomic E-state index is -0.270. The van der Waals surface area contributed by atoms with Crippen molar-refractivity contribution in [3.05, 3.63) is 66.0 Å². The van der Waals surface area contributed by atoms with E-state index in [0.717, 1.165) is 64.9 Å². The van der Waals surface area contributed by atoms with Gasteiger partial charge in [-0.2, -0.15) is 0 Å². The standard InChI is InChI=1S/C26H28FN5O/c1-31-13-15-32(16-14-31)30-25(33)8-4-6-20-21-17-19(27)10-12-23(21)29-26(20)24-11-9-18-5-2-3-7-22(18)28-24/h2-3,5,7,9-12,17,29H,4,6,8,13-16H2,1H3,(H,30,33). The highest BCUT2D eigenvalue weighted by Gasteiger charge is 2.18. The number of rotatable bonds is 6. The highest BCUT2D eigenvalue weighted by Crippen LogP contribution is 2.32. The van der Waals surface area contributed by atoms with E-state index >= 15 is 0 Å². The second-order valence-corrected chi connectivity index (χ2v) is 8.74. The summed E-state index contributed by atoms with van der Waals surface area (Å²) in [5, 5.41) is 3.92. The Balaban J connectivity index is 1.36. The molecule has 1 aliphatic rings. The molecule has 7 heteroatoms. The number of aromatic amines is 1. The first-order chi connectivity index (χ1) is 16.1. The number of aromatic nitrogens is 2. The van der Waals surface area contributed by atoms with Gasteiger partial charge in [0.15, 0.2) is 0 Å². The zero-order valence-corrected chi connectivity index (χ0v) is 18.8. The molecule has 1 aliphatic heterocycles. The summed E-state index contributed by atoms with van der Waals surface area (Å²) in [6.07, 6.45) is 1.74. The van der Waals surface area contributed by atoms with Crippen molar-refractivity contribution in [3.63, 3.8) is 0 Å². The van der Waals surface area contributed by atoms with Crippen LogP contribution < -0.4 is 5.43 Å².